The lowest BCUT2D eigenvalue weighted by atomic mass is 10.1. The summed E-state index contributed by atoms with van der Waals surface area (Å²) in [7, 11) is 4.07. The van der Waals surface area contributed by atoms with Crippen molar-refractivity contribution in [2.45, 2.75) is 0 Å². The third-order valence-corrected chi connectivity index (χ3v) is 2.29. The molecule has 2 nitrogen and oxygen atoms in total. The number of nitrogens with zero attached hydrogens (tertiary/aromatic N) is 2. The fourth-order valence-corrected chi connectivity index (χ4v) is 1.43. The van der Waals surface area contributed by atoms with Crippen molar-refractivity contribution >= 4 is 5.69 Å². The van der Waals surface area contributed by atoms with Gasteiger partial charge in [0.05, 0.1) is 0 Å². The molecular formula is C13H13N2. The quantitative estimate of drug-likeness (QED) is 0.735. The Morgan fingerprint density at radius 2 is 1.87 bits per heavy atom. The van der Waals surface area contributed by atoms with E-state index in [9.17, 15) is 0 Å². The first-order valence-electron chi connectivity index (χ1n) is 4.87. The molecule has 0 saturated carbocycles. The Balaban J connectivity index is 2.42. The van der Waals surface area contributed by atoms with Crippen molar-refractivity contribution in [3.05, 3.63) is 48.8 Å². The summed E-state index contributed by atoms with van der Waals surface area (Å²) >= 11 is 0. The van der Waals surface area contributed by atoms with Crippen LogP contribution < -0.4 is 4.90 Å². The minimum absolute atomic E-state index is 1.10. The number of pyridine rings is 1. The van der Waals surface area contributed by atoms with E-state index in [2.05, 4.69) is 22.0 Å². The predicted molar refractivity (Wildman–Crippen MR) is 62.8 cm³/mol. The van der Waals surface area contributed by atoms with Crippen molar-refractivity contribution in [3.63, 3.8) is 0 Å². The van der Waals surface area contributed by atoms with E-state index in [4.69, 9.17) is 0 Å². The number of aromatic nitrogens is 1. The normalized spacial score (nSPS) is 10.0. The number of rotatable bonds is 2. The molecule has 0 aliphatic rings. The Labute approximate surface area is 90.2 Å². The van der Waals surface area contributed by atoms with Crippen molar-refractivity contribution < 1.29 is 0 Å². The van der Waals surface area contributed by atoms with Gasteiger partial charge >= 0.3 is 0 Å². The summed E-state index contributed by atoms with van der Waals surface area (Å²) in [5.41, 5.74) is 3.43. The molecule has 0 unspecified atom stereocenters. The molecule has 1 heterocycles. The number of anilines is 1. The lowest BCUT2D eigenvalue weighted by molar-refractivity contribution is 1.13. The standard InChI is InChI=1S/C13H13N2/c1-15(2)13-5-3-4-12(10-13)11-6-8-14-9-7-11/h3,5-10H,1-2H3. The van der Waals surface area contributed by atoms with Crippen LogP contribution in [0.15, 0.2) is 42.7 Å². The number of hydrogen-bond acceptors (Lipinski definition) is 2. The van der Waals surface area contributed by atoms with Gasteiger partial charge in [-0.15, -0.1) is 0 Å². The third kappa shape index (κ3) is 2.15. The maximum absolute atomic E-state index is 4.00. The SMILES string of the molecule is CN(C)c1cc[c]c(-c2ccncc2)c1. The van der Waals surface area contributed by atoms with E-state index in [0.29, 0.717) is 0 Å². The summed E-state index contributed by atoms with van der Waals surface area (Å²) < 4.78 is 0. The predicted octanol–water partition coefficient (Wildman–Crippen LogP) is 2.61. The van der Waals surface area contributed by atoms with E-state index in [1.54, 1.807) is 12.4 Å². The van der Waals surface area contributed by atoms with Gasteiger partial charge in [0.1, 0.15) is 0 Å². The third-order valence-electron chi connectivity index (χ3n) is 2.29. The van der Waals surface area contributed by atoms with Gasteiger partial charge in [0, 0.05) is 32.2 Å². The van der Waals surface area contributed by atoms with Gasteiger partial charge in [0.15, 0.2) is 0 Å². The average molecular weight is 197 g/mol. The van der Waals surface area contributed by atoms with Crippen molar-refractivity contribution in [1.29, 1.82) is 0 Å². The highest BCUT2D eigenvalue weighted by Gasteiger charge is 1.99. The minimum atomic E-state index is 1.10. The molecule has 0 aliphatic carbocycles. The molecule has 0 atom stereocenters. The van der Waals surface area contributed by atoms with Crippen molar-refractivity contribution in [1.82, 2.24) is 4.98 Å². The van der Waals surface area contributed by atoms with Crippen LogP contribution in [0.1, 0.15) is 0 Å². The van der Waals surface area contributed by atoms with E-state index in [-0.39, 0.29) is 0 Å². The van der Waals surface area contributed by atoms with Crippen LogP contribution >= 0.6 is 0 Å². The molecule has 1 aromatic carbocycles. The van der Waals surface area contributed by atoms with E-state index in [0.717, 1.165) is 11.1 Å². The Kier molecular flexibility index (Phi) is 2.68. The molecule has 0 saturated heterocycles. The van der Waals surface area contributed by atoms with Gasteiger partial charge in [-0.1, -0.05) is 6.07 Å². The fourth-order valence-electron chi connectivity index (χ4n) is 1.43. The minimum Gasteiger partial charge on any atom is -0.378 e. The second-order valence-corrected chi connectivity index (χ2v) is 3.59. The Morgan fingerprint density at radius 3 is 2.53 bits per heavy atom. The summed E-state index contributed by atoms with van der Waals surface area (Å²) in [5.74, 6) is 0. The molecule has 75 valence electrons. The second-order valence-electron chi connectivity index (χ2n) is 3.59. The first-order valence-corrected chi connectivity index (χ1v) is 4.87. The lowest BCUT2D eigenvalue weighted by Gasteiger charge is -2.13. The van der Waals surface area contributed by atoms with Crippen molar-refractivity contribution in [2.75, 3.05) is 19.0 Å². The molecule has 0 fully saturated rings. The fraction of sp³-hybridized carbons (Fsp3) is 0.154. The topological polar surface area (TPSA) is 16.1 Å². The molecule has 1 aromatic heterocycles. The molecule has 0 spiro atoms. The van der Waals surface area contributed by atoms with Crippen molar-refractivity contribution in [3.8, 4) is 11.1 Å². The molecule has 2 rings (SSSR count). The van der Waals surface area contributed by atoms with Crippen LogP contribution in [0.4, 0.5) is 5.69 Å². The Morgan fingerprint density at radius 1 is 1.13 bits per heavy atom. The maximum Gasteiger partial charge on any atom is 0.0367 e. The van der Waals surface area contributed by atoms with Gasteiger partial charge in [0.25, 0.3) is 0 Å². The summed E-state index contributed by atoms with van der Waals surface area (Å²) in [6.07, 6.45) is 3.59. The van der Waals surface area contributed by atoms with E-state index >= 15 is 0 Å². The van der Waals surface area contributed by atoms with Gasteiger partial charge in [0.2, 0.25) is 0 Å². The highest BCUT2D eigenvalue weighted by Crippen LogP contribution is 2.22. The number of benzene rings is 1. The second kappa shape index (κ2) is 4.13. The molecule has 2 aromatic rings. The van der Waals surface area contributed by atoms with Crippen LogP contribution in [0.5, 0.6) is 0 Å². The zero-order chi connectivity index (χ0) is 10.7. The summed E-state index contributed by atoms with van der Waals surface area (Å²) in [6, 6.07) is 13.3. The van der Waals surface area contributed by atoms with Crippen LogP contribution in [0.2, 0.25) is 0 Å². The Hall–Kier alpha value is -1.83. The van der Waals surface area contributed by atoms with Crippen LogP contribution in [0, 0.1) is 6.07 Å². The van der Waals surface area contributed by atoms with Gasteiger partial charge in [-0.25, -0.2) is 0 Å². The van der Waals surface area contributed by atoms with Crippen LogP contribution in [0.25, 0.3) is 11.1 Å². The molecule has 0 aliphatic heterocycles. The molecule has 15 heavy (non-hydrogen) atoms. The smallest absolute Gasteiger partial charge is 0.0367 e. The molecule has 0 N–H and O–H groups in total. The van der Waals surface area contributed by atoms with E-state index in [1.807, 2.05) is 38.4 Å². The van der Waals surface area contributed by atoms with E-state index < -0.39 is 0 Å². The van der Waals surface area contributed by atoms with Gasteiger partial charge in [-0.3, -0.25) is 4.98 Å². The van der Waals surface area contributed by atoms with E-state index in [1.165, 1.54) is 5.69 Å². The highest BCUT2D eigenvalue weighted by molar-refractivity contribution is 5.67. The largest absolute Gasteiger partial charge is 0.378 e. The zero-order valence-corrected chi connectivity index (χ0v) is 8.94. The highest BCUT2D eigenvalue weighted by atomic mass is 15.1. The first-order chi connectivity index (χ1) is 7.27. The average Bonchev–Trinajstić information content (AvgIpc) is 2.30. The zero-order valence-electron chi connectivity index (χ0n) is 8.94. The van der Waals surface area contributed by atoms with Crippen LogP contribution in [-0.2, 0) is 0 Å². The lowest BCUT2D eigenvalue weighted by Crippen LogP contribution is -2.08. The van der Waals surface area contributed by atoms with Crippen LogP contribution in [0.3, 0.4) is 0 Å². The maximum atomic E-state index is 4.00. The first kappa shape index (κ1) is 9.71. The molecule has 1 radical (unpaired) electrons. The van der Waals surface area contributed by atoms with Crippen molar-refractivity contribution in [2.24, 2.45) is 0 Å². The molecule has 0 amide bonds. The molecular weight excluding hydrogens is 184 g/mol. The van der Waals surface area contributed by atoms with Gasteiger partial charge in [-0.05, 0) is 41.5 Å². The summed E-state index contributed by atoms with van der Waals surface area (Å²) in [6.45, 7) is 0. The molecule has 0 bridgehead atoms. The number of hydrogen-bond donors (Lipinski definition) is 0. The van der Waals surface area contributed by atoms with Gasteiger partial charge in [-0.2, -0.15) is 0 Å². The summed E-state index contributed by atoms with van der Waals surface area (Å²) in [4.78, 5) is 6.09. The monoisotopic (exact) mass is 197 g/mol. The molecule has 2 heteroatoms. The Bertz CT molecular complexity index is 435. The van der Waals surface area contributed by atoms with Crippen LogP contribution in [-0.4, -0.2) is 19.1 Å². The van der Waals surface area contributed by atoms with Gasteiger partial charge < -0.3 is 4.90 Å². The summed E-state index contributed by atoms with van der Waals surface area (Å²) in [5, 5.41) is 0.